The van der Waals surface area contributed by atoms with Crippen LogP contribution in [0.4, 0.5) is 0 Å². The predicted octanol–water partition coefficient (Wildman–Crippen LogP) is 2.37. The molecule has 0 heterocycles. The van der Waals surface area contributed by atoms with Crippen LogP contribution in [0.1, 0.15) is 46.0 Å². The number of hydrogen-bond donors (Lipinski definition) is 1. The average molecular weight is 209 g/mol. The van der Waals surface area contributed by atoms with Crippen LogP contribution in [0.3, 0.4) is 0 Å². The molecule has 0 aromatic carbocycles. The van der Waals surface area contributed by atoms with Gasteiger partial charge in [-0.1, -0.05) is 13.3 Å². The van der Waals surface area contributed by atoms with Gasteiger partial charge in [0.2, 0.25) is 0 Å². The summed E-state index contributed by atoms with van der Waals surface area (Å²) < 4.78 is 0. The first kappa shape index (κ1) is 11.1. The van der Waals surface area contributed by atoms with Crippen molar-refractivity contribution in [2.24, 2.45) is 29.4 Å². The summed E-state index contributed by atoms with van der Waals surface area (Å²) in [4.78, 5) is 11.9. The Balaban J connectivity index is 1.85. The number of rotatable bonds is 4. The van der Waals surface area contributed by atoms with Gasteiger partial charge in [-0.05, 0) is 43.9 Å². The smallest absolute Gasteiger partial charge is 0.137 e. The Morgan fingerprint density at radius 3 is 2.53 bits per heavy atom. The van der Waals surface area contributed by atoms with Gasteiger partial charge in [-0.15, -0.1) is 0 Å². The van der Waals surface area contributed by atoms with Crippen LogP contribution in [0.2, 0.25) is 0 Å². The third kappa shape index (κ3) is 2.25. The van der Waals surface area contributed by atoms with E-state index in [1.54, 1.807) is 0 Å². The number of hydrogen-bond acceptors (Lipinski definition) is 2. The number of Topliss-reactive ketones (excluding diaryl/α,β-unsaturated/α-hetero) is 1. The Kier molecular flexibility index (Phi) is 3.15. The summed E-state index contributed by atoms with van der Waals surface area (Å²) in [6.45, 7) is 3.91. The quantitative estimate of drug-likeness (QED) is 0.772. The van der Waals surface area contributed by atoms with E-state index >= 15 is 0 Å². The molecule has 0 saturated heterocycles. The van der Waals surface area contributed by atoms with Gasteiger partial charge in [0.15, 0.2) is 0 Å². The van der Waals surface area contributed by atoms with Gasteiger partial charge in [-0.25, -0.2) is 0 Å². The van der Waals surface area contributed by atoms with Gasteiger partial charge in [0.05, 0.1) is 0 Å². The predicted molar refractivity (Wildman–Crippen MR) is 61.4 cm³/mol. The lowest BCUT2D eigenvalue weighted by atomic mass is 9.82. The van der Waals surface area contributed by atoms with E-state index in [0.717, 1.165) is 18.3 Å². The largest absolute Gasteiger partial charge is 0.327 e. The number of ketones is 1. The fourth-order valence-electron chi connectivity index (χ4n) is 3.36. The Hall–Kier alpha value is -0.370. The van der Waals surface area contributed by atoms with E-state index in [4.69, 9.17) is 5.73 Å². The summed E-state index contributed by atoms with van der Waals surface area (Å²) in [6.07, 6.45) is 6.28. The molecule has 2 saturated carbocycles. The highest BCUT2D eigenvalue weighted by Gasteiger charge is 2.40. The molecule has 0 aromatic rings. The molecule has 0 spiro atoms. The lowest BCUT2D eigenvalue weighted by Gasteiger charge is -2.23. The molecule has 15 heavy (non-hydrogen) atoms. The van der Waals surface area contributed by atoms with E-state index in [-0.39, 0.29) is 12.0 Å². The standard InChI is InChI=1S/C13H23NO/c1-8(9(2)14)13(15)7-12-6-10-3-4-11(12)5-10/h8-12H,3-7,14H2,1-2H3. The van der Waals surface area contributed by atoms with Crippen molar-refractivity contribution >= 4 is 5.78 Å². The van der Waals surface area contributed by atoms with Crippen molar-refractivity contribution in [3.05, 3.63) is 0 Å². The zero-order valence-electron chi connectivity index (χ0n) is 9.91. The van der Waals surface area contributed by atoms with Crippen LogP contribution in [0.15, 0.2) is 0 Å². The highest BCUT2D eigenvalue weighted by Crippen LogP contribution is 2.49. The van der Waals surface area contributed by atoms with Gasteiger partial charge in [-0.3, -0.25) is 4.79 Å². The monoisotopic (exact) mass is 209 g/mol. The molecule has 0 aliphatic heterocycles. The second kappa shape index (κ2) is 4.25. The van der Waals surface area contributed by atoms with E-state index in [0.29, 0.717) is 11.7 Å². The molecule has 2 bridgehead atoms. The van der Waals surface area contributed by atoms with Crippen LogP contribution in [0.25, 0.3) is 0 Å². The van der Waals surface area contributed by atoms with Crippen molar-refractivity contribution in [3.8, 4) is 0 Å². The van der Waals surface area contributed by atoms with Crippen molar-refractivity contribution in [1.82, 2.24) is 0 Å². The van der Waals surface area contributed by atoms with Crippen LogP contribution in [0.5, 0.6) is 0 Å². The second-order valence-electron chi connectivity index (χ2n) is 5.75. The van der Waals surface area contributed by atoms with E-state index in [1.807, 2.05) is 13.8 Å². The summed E-state index contributed by atoms with van der Waals surface area (Å²) in [7, 11) is 0. The lowest BCUT2D eigenvalue weighted by Crippen LogP contribution is -2.32. The molecule has 5 unspecified atom stereocenters. The third-order valence-corrected chi connectivity index (χ3v) is 4.64. The second-order valence-corrected chi connectivity index (χ2v) is 5.75. The maximum atomic E-state index is 11.9. The number of fused-ring (bicyclic) bond motifs is 2. The van der Waals surface area contributed by atoms with Gasteiger partial charge >= 0.3 is 0 Å². The molecule has 2 aliphatic carbocycles. The Morgan fingerprint density at radius 2 is 2.07 bits per heavy atom. The fourth-order valence-corrected chi connectivity index (χ4v) is 3.36. The lowest BCUT2D eigenvalue weighted by molar-refractivity contribution is -0.124. The molecular formula is C13H23NO. The normalized spacial score (nSPS) is 37.9. The molecule has 2 fully saturated rings. The number of carbonyl (C=O) groups is 1. The first-order valence-electron chi connectivity index (χ1n) is 6.36. The Bertz CT molecular complexity index is 249. The summed E-state index contributed by atoms with van der Waals surface area (Å²) in [5.41, 5.74) is 5.77. The minimum absolute atomic E-state index is 0.0103. The minimum atomic E-state index is 0.0103. The zero-order valence-corrected chi connectivity index (χ0v) is 9.91. The van der Waals surface area contributed by atoms with Gasteiger partial charge < -0.3 is 5.73 Å². The molecule has 0 radical (unpaired) electrons. The highest BCUT2D eigenvalue weighted by atomic mass is 16.1. The van der Waals surface area contributed by atoms with Gasteiger partial charge in [0.1, 0.15) is 5.78 Å². The van der Waals surface area contributed by atoms with Gasteiger partial charge in [0.25, 0.3) is 0 Å². The molecule has 2 heteroatoms. The van der Waals surface area contributed by atoms with Crippen LogP contribution < -0.4 is 5.73 Å². The van der Waals surface area contributed by atoms with Crippen LogP contribution in [-0.4, -0.2) is 11.8 Å². The highest BCUT2D eigenvalue weighted by molar-refractivity contribution is 5.81. The van der Waals surface area contributed by atoms with Gasteiger partial charge in [-0.2, -0.15) is 0 Å². The number of carbonyl (C=O) groups excluding carboxylic acids is 1. The number of nitrogens with two attached hydrogens (primary N) is 1. The maximum absolute atomic E-state index is 11.9. The van der Waals surface area contributed by atoms with Crippen molar-refractivity contribution < 1.29 is 4.79 Å². The SMILES string of the molecule is CC(N)C(C)C(=O)CC1CC2CCC1C2. The molecule has 86 valence electrons. The first-order chi connectivity index (χ1) is 7.08. The average Bonchev–Trinajstić information content (AvgIpc) is 2.77. The topological polar surface area (TPSA) is 43.1 Å². The summed E-state index contributed by atoms with van der Waals surface area (Å²) in [6, 6.07) is 0.0103. The van der Waals surface area contributed by atoms with Crippen LogP contribution in [0, 0.1) is 23.7 Å². The van der Waals surface area contributed by atoms with Gasteiger partial charge in [0, 0.05) is 18.4 Å². The summed E-state index contributed by atoms with van der Waals surface area (Å²) in [5, 5.41) is 0. The Morgan fingerprint density at radius 1 is 1.33 bits per heavy atom. The summed E-state index contributed by atoms with van der Waals surface area (Å²) in [5.74, 6) is 2.93. The molecule has 2 nitrogen and oxygen atoms in total. The first-order valence-corrected chi connectivity index (χ1v) is 6.36. The van der Waals surface area contributed by atoms with Crippen LogP contribution in [-0.2, 0) is 4.79 Å². The van der Waals surface area contributed by atoms with Crippen molar-refractivity contribution in [2.75, 3.05) is 0 Å². The molecule has 0 aromatic heterocycles. The molecule has 2 aliphatic rings. The Labute approximate surface area is 92.6 Å². The van der Waals surface area contributed by atoms with E-state index in [9.17, 15) is 4.79 Å². The fraction of sp³-hybridized carbons (Fsp3) is 0.923. The molecule has 5 atom stereocenters. The third-order valence-electron chi connectivity index (χ3n) is 4.64. The zero-order chi connectivity index (χ0) is 11.0. The van der Waals surface area contributed by atoms with E-state index in [1.165, 1.54) is 25.7 Å². The van der Waals surface area contributed by atoms with E-state index in [2.05, 4.69) is 0 Å². The molecule has 2 rings (SSSR count). The van der Waals surface area contributed by atoms with Crippen molar-refractivity contribution in [2.45, 2.75) is 52.0 Å². The maximum Gasteiger partial charge on any atom is 0.137 e. The van der Waals surface area contributed by atoms with Crippen molar-refractivity contribution in [1.29, 1.82) is 0 Å². The minimum Gasteiger partial charge on any atom is -0.327 e. The van der Waals surface area contributed by atoms with Crippen LogP contribution >= 0.6 is 0 Å². The summed E-state index contributed by atoms with van der Waals surface area (Å²) >= 11 is 0. The molecule has 2 N–H and O–H groups in total. The molecular weight excluding hydrogens is 186 g/mol. The van der Waals surface area contributed by atoms with E-state index < -0.39 is 0 Å². The molecule has 0 amide bonds. The van der Waals surface area contributed by atoms with Crippen molar-refractivity contribution in [3.63, 3.8) is 0 Å².